The van der Waals surface area contributed by atoms with E-state index < -0.39 is 0 Å². The summed E-state index contributed by atoms with van der Waals surface area (Å²) in [6.45, 7) is 0.690. The molecule has 0 amide bonds. The lowest BCUT2D eigenvalue weighted by molar-refractivity contribution is 0.405. The molecule has 76 valence electrons. The molecule has 0 radical (unpaired) electrons. The first kappa shape index (κ1) is 9.53. The SMILES string of the molecule is COc1c(CCN)ccc2c1CCC2. The van der Waals surface area contributed by atoms with Crippen LogP contribution in [0.2, 0.25) is 0 Å². The van der Waals surface area contributed by atoms with E-state index in [0.29, 0.717) is 6.54 Å². The van der Waals surface area contributed by atoms with E-state index in [1.807, 2.05) is 0 Å². The van der Waals surface area contributed by atoms with Gasteiger partial charge < -0.3 is 10.5 Å². The van der Waals surface area contributed by atoms with Crippen molar-refractivity contribution in [3.8, 4) is 5.75 Å². The summed E-state index contributed by atoms with van der Waals surface area (Å²) < 4.78 is 5.49. The molecule has 0 atom stereocenters. The van der Waals surface area contributed by atoms with Crippen molar-refractivity contribution in [3.63, 3.8) is 0 Å². The first-order valence-corrected chi connectivity index (χ1v) is 5.24. The number of hydrogen-bond acceptors (Lipinski definition) is 2. The Bertz CT molecular complexity index is 333. The van der Waals surface area contributed by atoms with Crippen molar-refractivity contribution in [2.75, 3.05) is 13.7 Å². The average molecular weight is 191 g/mol. The van der Waals surface area contributed by atoms with E-state index in [9.17, 15) is 0 Å². The number of hydrogen-bond donors (Lipinski definition) is 1. The van der Waals surface area contributed by atoms with Gasteiger partial charge in [0.15, 0.2) is 0 Å². The molecule has 2 N–H and O–H groups in total. The summed E-state index contributed by atoms with van der Waals surface area (Å²) in [6.07, 6.45) is 4.54. The van der Waals surface area contributed by atoms with Crippen LogP contribution in [-0.4, -0.2) is 13.7 Å². The Morgan fingerprint density at radius 2 is 2.21 bits per heavy atom. The van der Waals surface area contributed by atoms with Crippen molar-refractivity contribution < 1.29 is 4.74 Å². The van der Waals surface area contributed by atoms with Gasteiger partial charge in [0.2, 0.25) is 0 Å². The second kappa shape index (κ2) is 4.01. The molecule has 0 aliphatic heterocycles. The van der Waals surface area contributed by atoms with Crippen molar-refractivity contribution in [3.05, 3.63) is 28.8 Å². The molecule has 0 aromatic heterocycles. The van der Waals surface area contributed by atoms with Crippen LogP contribution in [0.3, 0.4) is 0 Å². The third kappa shape index (κ3) is 1.50. The number of methoxy groups -OCH3 is 1. The van der Waals surface area contributed by atoms with Gasteiger partial charge in [0.25, 0.3) is 0 Å². The summed E-state index contributed by atoms with van der Waals surface area (Å²) in [6, 6.07) is 4.39. The van der Waals surface area contributed by atoms with E-state index in [0.717, 1.165) is 18.6 Å². The minimum atomic E-state index is 0.690. The summed E-state index contributed by atoms with van der Waals surface area (Å²) in [7, 11) is 1.76. The lowest BCUT2D eigenvalue weighted by atomic mass is 10.0. The zero-order chi connectivity index (χ0) is 9.97. The molecule has 0 saturated heterocycles. The molecule has 1 aromatic carbocycles. The number of benzene rings is 1. The molecule has 0 fully saturated rings. The molecule has 0 unspecified atom stereocenters. The lowest BCUT2D eigenvalue weighted by Crippen LogP contribution is -2.05. The van der Waals surface area contributed by atoms with Crippen LogP contribution in [0, 0.1) is 0 Å². The lowest BCUT2D eigenvalue weighted by Gasteiger charge is -2.12. The Morgan fingerprint density at radius 1 is 1.36 bits per heavy atom. The molecule has 14 heavy (non-hydrogen) atoms. The van der Waals surface area contributed by atoms with E-state index >= 15 is 0 Å². The van der Waals surface area contributed by atoms with Gasteiger partial charge in [-0.2, -0.15) is 0 Å². The molecule has 0 heterocycles. The topological polar surface area (TPSA) is 35.2 Å². The van der Waals surface area contributed by atoms with Gasteiger partial charge in [0.1, 0.15) is 5.75 Å². The van der Waals surface area contributed by atoms with Crippen LogP contribution in [0.4, 0.5) is 0 Å². The Kier molecular flexibility index (Phi) is 2.73. The predicted octanol–water partition coefficient (Wildman–Crippen LogP) is 1.69. The summed E-state index contributed by atoms with van der Waals surface area (Å²) in [5.41, 5.74) is 9.71. The number of ether oxygens (including phenoxy) is 1. The highest BCUT2D eigenvalue weighted by molar-refractivity contribution is 5.48. The van der Waals surface area contributed by atoms with Crippen LogP contribution < -0.4 is 10.5 Å². The highest BCUT2D eigenvalue weighted by Gasteiger charge is 2.17. The van der Waals surface area contributed by atoms with Crippen molar-refractivity contribution in [1.82, 2.24) is 0 Å². The third-order valence-corrected chi connectivity index (χ3v) is 2.93. The fraction of sp³-hybridized carbons (Fsp3) is 0.500. The zero-order valence-corrected chi connectivity index (χ0v) is 8.68. The van der Waals surface area contributed by atoms with Crippen molar-refractivity contribution in [2.24, 2.45) is 5.73 Å². The fourth-order valence-electron chi connectivity index (χ4n) is 2.29. The maximum atomic E-state index is 5.57. The van der Waals surface area contributed by atoms with Gasteiger partial charge in [-0.3, -0.25) is 0 Å². The quantitative estimate of drug-likeness (QED) is 0.789. The molecular weight excluding hydrogens is 174 g/mol. The van der Waals surface area contributed by atoms with Gasteiger partial charge in [-0.05, 0) is 48.9 Å². The first-order valence-electron chi connectivity index (χ1n) is 5.24. The minimum absolute atomic E-state index is 0.690. The standard InChI is InChI=1S/C12H17NO/c1-14-12-10(7-8-13)6-5-9-3-2-4-11(9)12/h5-6H,2-4,7-8,13H2,1H3. The smallest absolute Gasteiger partial charge is 0.125 e. The second-order valence-corrected chi connectivity index (χ2v) is 3.79. The molecule has 1 aliphatic carbocycles. The fourth-order valence-corrected chi connectivity index (χ4v) is 2.29. The van der Waals surface area contributed by atoms with E-state index in [1.165, 1.54) is 29.5 Å². The second-order valence-electron chi connectivity index (χ2n) is 3.79. The van der Waals surface area contributed by atoms with Crippen LogP contribution in [0.15, 0.2) is 12.1 Å². The van der Waals surface area contributed by atoms with Gasteiger partial charge in [-0.15, -0.1) is 0 Å². The summed E-state index contributed by atoms with van der Waals surface area (Å²) in [4.78, 5) is 0. The molecule has 1 aromatic rings. The molecule has 2 heteroatoms. The highest BCUT2D eigenvalue weighted by atomic mass is 16.5. The van der Waals surface area contributed by atoms with Gasteiger partial charge in [-0.25, -0.2) is 0 Å². The van der Waals surface area contributed by atoms with Crippen LogP contribution in [0.1, 0.15) is 23.1 Å². The number of nitrogens with two attached hydrogens (primary N) is 1. The van der Waals surface area contributed by atoms with Gasteiger partial charge in [0, 0.05) is 0 Å². The monoisotopic (exact) mass is 191 g/mol. The summed E-state index contributed by atoms with van der Waals surface area (Å²) in [5.74, 6) is 1.09. The molecule has 1 aliphatic rings. The van der Waals surface area contributed by atoms with Crippen molar-refractivity contribution >= 4 is 0 Å². The molecule has 0 saturated carbocycles. The van der Waals surface area contributed by atoms with Gasteiger partial charge >= 0.3 is 0 Å². The Morgan fingerprint density at radius 3 is 2.93 bits per heavy atom. The number of aryl methyl sites for hydroxylation is 1. The Balaban J connectivity index is 2.43. The summed E-state index contributed by atoms with van der Waals surface area (Å²) in [5, 5.41) is 0. The third-order valence-electron chi connectivity index (χ3n) is 2.93. The van der Waals surface area contributed by atoms with Gasteiger partial charge in [-0.1, -0.05) is 12.1 Å². The van der Waals surface area contributed by atoms with E-state index in [-0.39, 0.29) is 0 Å². The van der Waals surface area contributed by atoms with Crippen LogP contribution >= 0.6 is 0 Å². The minimum Gasteiger partial charge on any atom is -0.496 e. The summed E-state index contributed by atoms with van der Waals surface area (Å²) >= 11 is 0. The van der Waals surface area contributed by atoms with Crippen LogP contribution in [0.25, 0.3) is 0 Å². The normalized spacial score (nSPS) is 14.1. The maximum absolute atomic E-state index is 5.57. The Labute approximate surface area is 85.1 Å². The molecule has 2 rings (SSSR count). The average Bonchev–Trinajstić information content (AvgIpc) is 2.66. The molecule has 2 nitrogen and oxygen atoms in total. The number of fused-ring (bicyclic) bond motifs is 1. The predicted molar refractivity (Wildman–Crippen MR) is 57.8 cm³/mol. The first-order chi connectivity index (χ1) is 6.86. The van der Waals surface area contributed by atoms with Crippen LogP contribution in [-0.2, 0) is 19.3 Å². The molecule has 0 spiro atoms. The van der Waals surface area contributed by atoms with Crippen LogP contribution in [0.5, 0.6) is 5.75 Å². The largest absolute Gasteiger partial charge is 0.496 e. The van der Waals surface area contributed by atoms with Crippen molar-refractivity contribution in [2.45, 2.75) is 25.7 Å². The number of rotatable bonds is 3. The van der Waals surface area contributed by atoms with E-state index in [1.54, 1.807) is 7.11 Å². The van der Waals surface area contributed by atoms with Gasteiger partial charge in [0.05, 0.1) is 7.11 Å². The Hall–Kier alpha value is -1.02. The maximum Gasteiger partial charge on any atom is 0.125 e. The highest BCUT2D eigenvalue weighted by Crippen LogP contribution is 2.33. The molecular formula is C12H17NO. The zero-order valence-electron chi connectivity index (χ0n) is 8.68. The van der Waals surface area contributed by atoms with E-state index in [4.69, 9.17) is 10.5 Å². The van der Waals surface area contributed by atoms with Crippen molar-refractivity contribution in [1.29, 1.82) is 0 Å². The molecule has 0 bridgehead atoms. The van der Waals surface area contributed by atoms with E-state index in [2.05, 4.69) is 12.1 Å².